The number of rotatable bonds is 9. The predicted octanol–water partition coefficient (Wildman–Crippen LogP) is 4.31. The lowest BCUT2D eigenvalue weighted by Crippen LogP contribution is -2.28. The third-order valence-electron chi connectivity index (χ3n) is 4.81. The first-order valence-electron chi connectivity index (χ1n) is 9.52. The molecule has 0 bridgehead atoms. The highest BCUT2D eigenvalue weighted by atomic mass is 35.5. The van der Waals surface area contributed by atoms with Crippen molar-refractivity contribution in [3.05, 3.63) is 89.5 Å². The van der Waals surface area contributed by atoms with Crippen molar-refractivity contribution in [3.8, 4) is 17.2 Å². The summed E-state index contributed by atoms with van der Waals surface area (Å²) in [4.78, 5) is 0. The fourth-order valence-corrected chi connectivity index (χ4v) is 3.19. The summed E-state index contributed by atoms with van der Waals surface area (Å²) in [6, 6.07) is 22.5. The minimum atomic E-state index is -0.783. The summed E-state index contributed by atoms with van der Waals surface area (Å²) in [5, 5.41) is 10.8. The van der Waals surface area contributed by atoms with Crippen molar-refractivity contribution in [3.63, 3.8) is 0 Å². The Morgan fingerprint density at radius 1 is 0.800 bits per heavy atom. The summed E-state index contributed by atoms with van der Waals surface area (Å²) in [7, 11) is 3.14. The summed E-state index contributed by atoms with van der Waals surface area (Å²) < 4.78 is 16.9. The van der Waals surface area contributed by atoms with Gasteiger partial charge in [0.15, 0.2) is 11.5 Å². The molecule has 0 fully saturated rings. The van der Waals surface area contributed by atoms with E-state index < -0.39 is 12.1 Å². The zero-order chi connectivity index (χ0) is 20.6. The number of hydrogen-bond acceptors (Lipinski definition) is 5. The summed E-state index contributed by atoms with van der Waals surface area (Å²) in [6.45, 7) is 0.380. The Balaban J connectivity index is 0.00000320. The molecule has 0 amide bonds. The van der Waals surface area contributed by atoms with Crippen molar-refractivity contribution < 1.29 is 19.3 Å². The maximum absolute atomic E-state index is 10.8. The molecule has 0 aliphatic carbocycles. The second-order valence-electron chi connectivity index (χ2n) is 6.80. The number of nitrogens with two attached hydrogens (primary N) is 1. The van der Waals surface area contributed by atoms with Gasteiger partial charge in [0.05, 0.1) is 26.4 Å². The minimum Gasteiger partial charge on any atom is -0.493 e. The minimum absolute atomic E-state index is 0. The van der Waals surface area contributed by atoms with Gasteiger partial charge in [0.25, 0.3) is 0 Å². The highest BCUT2D eigenvalue weighted by molar-refractivity contribution is 5.85. The van der Waals surface area contributed by atoms with Crippen LogP contribution in [0.4, 0.5) is 0 Å². The Hall–Kier alpha value is -2.73. The molecule has 0 spiro atoms. The van der Waals surface area contributed by atoms with Crippen LogP contribution in [-0.2, 0) is 13.0 Å². The second-order valence-corrected chi connectivity index (χ2v) is 6.80. The third kappa shape index (κ3) is 5.89. The molecular formula is C24H28ClNO4. The molecule has 0 unspecified atom stereocenters. The monoisotopic (exact) mass is 429 g/mol. The highest BCUT2D eigenvalue weighted by Crippen LogP contribution is 2.38. The van der Waals surface area contributed by atoms with Crippen molar-refractivity contribution in [1.82, 2.24) is 0 Å². The van der Waals surface area contributed by atoms with E-state index >= 15 is 0 Å². The van der Waals surface area contributed by atoms with Crippen LogP contribution in [0.1, 0.15) is 22.7 Å². The quantitative estimate of drug-likeness (QED) is 0.530. The molecule has 0 saturated carbocycles. The van der Waals surface area contributed by atoms with Crippen molar-refractivity contribution in [1.29, 1.82) is 0 Å². The van der Waals surface area contributed by atoms with Crippen LogP contribution in [0.15, 0.2) is 72.8 Å². The molecule has 0 aliphatic rings. The molecule has 3 rings (SSSR count). The Kier molecular flexibility index (Phi) is 8.99. The molecule has 0 saturated heterocycles. The molecule has 0 radical (unpaired) electrons. The van der Waals surface area contributed by atoms with Crippen molar-refractivity contribution in [2.75, 3.05) is 14.2 Å². The smallest absolute Gasteiger partial charge is 0.164 e. The lowest BCUT2D eigenvalue weighted by atomic mass is 9.95. The van der Waals surface area contributed by atoms with Crippen LogP contribution in [-0.4, -0.2) is 25.4 Å². The summed E-state index contributed by atoms with van der Waals surface area (Å²) in [6.07, 6.45) is -0.344. The Labute approximate surface area is 183 Å². The Morgan fingerprint density at radius 3 is 1.90 bits per heavy atom. The van der Waals surface area contributed by atoms with Crippen LogP contribution >= 0.6 is 12.4 Å². The van der Waals surface area contributed by atoms with Crippen molar-refractivity contribution in [2.24, 2.45) is 5.73 Å². The molecule has 5 nitrogen and oxygen atoms in total. The largest absolute Gasteiger partial charge is 0.493 e. The van der Waals surface area contributed by atoms with Gasteiger partial charge in [-0.05, 0) is 17.2 Å². The number of aliphatic hydroxyl groups excluding tert-OH is 1. The van der Waals surface area contributed by atoms with E-state index in [-0.39, 0.29) is 12.4 Å². The molecule has 160 valence electrons. The molecule has 3 N–H and O–H groups in total. The van der Waals surface area contributed by atoms with Gasteiger partial charge in [0.1, 0.15) is 12.4 Å². The van der Waals surface area contributed by atoms with Crippen LogP contribution in [0.3, 0.4) is 0 Å². The first kappa shape index (κ1) is 23.5. The molecule has 3 aromatic carbocycles. The van der Waals surface area contributed by atoms with E-state index in [1.54, 1.807) is 26.4 Å². The van der Waals surface area contributed by atoms with Gasteiger partial charge in [-0.1, -0.05) is 60.7 Å². The van der Waals surface area contributed by atoms with Gasteiger partial charge in [-0.3, -0.25) is 0 Å². The normalized spacial score (nSPS) is 12.4. The van der Waals surface area contributed by atoms with Crippen LogP contribution < -0.4 is 19.9 Å². The zero-order valence-corrected chi connectivity index (χ0v) is 18.0. The van der Waals surface area contributed by atoms with E-state index in [1.165, 1.54) is 0 Å². The number of benzene rings is 3. The first-order valence-corrected chi connectivity index (χ1v) is 9.52. The summed E-state index contributed by atoms with van der Waals surface area (Å²) >= 11 is 0. The summed E-state index contributed by atoms with van der Waals surface area (Å²) in [5.41, 5.74) is 9.16. The first-order chi connectivity index (χ1) is 14.1. The average Bonchev–Trinajstić information content (AvgIpc) is 2.77. The molecule has 2 atom stereocenters. The molecule has 0 heterocycles. The maximum atomic E-state index is 10.8. The highest BCUT2D eigenvalue weighted by Gasteiger charge is 2.24. The van der Waals surface area contributed by atoms with Gasteiger partial charge >= 0.3 is 0 Å². The maximum Gasteiger partial charge on any atom is 0.164 e. The Morgan fingerprint density at radius 2 is 1.33 bits per heavy atom. The SMILES string of the molecule is COc1cc(OCc2ccccc2)c([C@H](N)[C@H](O)Cc2ccccc2)cc1OC.Cl. The fourth-order valence-electron chi connectivity index (χ4n) is 3.19. The topological polar surface area (TPSA) is 73.9 Å². The molecule has 0 aromatic heterocycles. The molecule has 3 aromatic rings. The van der Waals surface area contributed by atoms with Crippen LogP contribution in [0, 0.1) is 0 Å². The van der Waals surface area contributed by atoms with Crippen LogP contribution in [0.2, 0.25) is 0 Å². The van der Waals surface area contributed by atoms with Crippen molar-refractivity contribution >= 4 is 12.4 Å². The average molecular weight is 430 g/mol. The van der Waals surface area contributed by atoms with E-state index in [1.807, 2.05) is 60.7 Å². The lowest BCUT2D eigenvalue weighted by Gasteiger charge is -2.23. The summed E-state index contributed by atoms with van der Waals surface area (Å²) in [5.74, 6) is 1.65. The third-order valence-corrected chi connectivity index (χ3v) is 4.81. The number of halogens is 1. The Bertz CT molecular complexity index is 906. The zero-order valence-electron chi connectivity index (χ0n) is 17.2. The van der Waals surface area contributed by atoms with Crippen molar-refractivity contribution in [2.45, 2.75) is 25.2 Å². The second kappa shape index (κ2) is 11.5. The predicted molar refractivity (Wildman–Crippen MR) is 121 cm³/mol. The van der Waals surface area contributed by atoms with E-state index in [0.29, 0.717) is 35.8 Å². The van der Waals surface area contributed by atoms with Gasteiger partial charge in [0.2, 0.25) is 0 Å². The molecule has 30 heavy (non-hydrogen) atoms. The van der Waals surface area contributed by atoms with E-state index in [0.717, 1.165) is 11.1 Å². The number of ether oxygens (including phenoxy) is 3. The van der Waals surface area contributed by atoms with Gasteiger partial charge < -0.3 is 25.1 Å². The van der Waals surface area contributed by atoms with Gasteiger partial charge in [-0.25, -0.2) is 0 Å². The van der Waals surface area contributed by atoms with E-state index in [9.17, 15) is 5.11 Å². The number of hydrogen-bond donors (Lipinski definition) is 2. The number of methoxy groups -OCH3 is 2. The standard InChI is InChI=1S/C24H27NO4.ClH/c1-27-22-14-19(24(25)20(26)13-17-9-5-3-6-10-17)21(15-23(22)28-2)29-16-18-11-7-4-8-12-18;/h3-12,14-15,20,24,26H,13,16,25H2,1-2H3;1H/t20-,24+;/m1./s1. The fraction of sp³-hybridized carbons (Fsp3) is 0.250. The van der Waals surface area contributed by atoms with Gasteiger partial charge in [-0.15, -0.1) is 12.4 Å². The van der Waals surface area contributed by atoms with E-state index in [4.69, 9.17) is 19.9 Å². The molecular weight excluding hydrogens is 402 g/mol. The molecule has 0 aliphatic heterocycles. The molecule has 6 heteroatoms. The number of aliphatic hydroxyl groups is 1. The lowest BCUT2D eigenvalue weighted by molar-refractivity contribution is 0.142. The van der Waals surface area contributed by atoms with Crippen LogP contribution in [0.25, 0.3) is 0 Å². The van der Waals surface area contributed by atoms with Gasteiger partial charge in [0, 0.05) is 18.1 Å². The van der Waals surface area contributed by atoms with E-state index in [2.05, 4.69) is 0 Å². The van der Waals surface area contributed by atoms with Crippen LogP contribution in [0.5, 0.6) is 17.2 Å². The van der Waals surface area contributed by atoms with Gasteiger partial charge in [-0.2, -0.15) is 0 Å².